The summed E-state index contributed by atoms with van der Waals surface area (Å²) in [6.07, 6.45) is -1.55. The van der Waals surface area contributed by atoms with Gasteiger partial charge in [-0.2, -0.15) is 28.5 Å². The maximum Gasteiger partial charge on any atom is 0.421 e. The highest BCUT2D eigenvalue weighted by molar-refractivity contribution is 5.55. The van der Waals surface area contributed by atoms with Crippen LogP contribution in [-0.2, 0) is 11.7 Å². The molecule has 1 saturated carbocycles. The van der Waals surface area contributed by atoms with Crippen molar-refractivity contribution in [2.24, 2.45) is 0 Å². The Balaban J connectivity index is 1.87. The number of nitrogens with one attached hydrogen (secondary N) is 2. The molecule has 25 heavy (non-hydrogen) atoms. The number of hydrogen-bond acceptors (Lipinski definition) is 7. The van der Waals surface area contributed by atoms with Crippen molar-refractivity contribution in [2.75, 3.05) is 17.7 Å². The third kappa shape index (κ3) is 3.10. The molecular formula is C14H12F3N7O. The summed E-state index contributed by atoms with van der Waals surface area (Å²) in [7, 11) is 1.31. The summed E-state index contributed by atoms with van der Waals surface area (Å²) in [5.41, 5.74) is -2.18. The molecule has 8 nitrogen and oxygen atoms in total. The fourth-order valence-corrected chi connectivity index (χ4v) is 2.26. The summed E-state index contributed by atoms with van der Waals surface area (Å²) >= 11 is 0. The zero-order chi connectivity index (χ0) is 18.2. The Kier molecular flexibility index (Phi) is 3.82. The van der Waals surface area contributed by atoms with Crippen molar-refractivity contribution in [3.63, 3.8) is 0 Å². The summed E-state index contributed by atoms with van der Waals surface area (Å²) in [5.74, 6) is -0.523. The first-order chi connectivity index (χ1) is 11.8. The van der Waals surface area contributed by atoms with Crippen molar-refractivity contribution in [3.8, 4) is 6.07 Å². The van der Waals surface area contributed by atoms with Gasteiger partial charge in [-0.3, -0.25) is 4.79 Å². The molecule has 0 aliphatic heterocycles. The van der Waals surface area contributed by atoms with E-state index in [1.807, 2.05) is 0 Å². The molecule has 0 aromatic carbocycles. The largest absolute Gasteiger partial charge is 0.421 e. The van der Waals surface area contributed by atoms with Gasteiger partial charge in [0.2, 0.25) is 5.95 Å². The number of halogens is 3. The minimum atomic E-state index is -4.59. The van der Waals surface area contributed by atoms with Crippen molar-refractivity contribution >= 4 is 17.5 Å². The van der Waals surface area contributed by atoms with Crippen LogP contribution in [0.2, 0.25) is 0 Å². The number of rotatable bonds is 4. The van der Waals surface area contributed by atoms with Crippen LogP contribution in [0.15, 0.2) is 23.3 Å². The first-order valence-corrected chi connectivity index (χ1v) is 7.19. The van der Waals surface area contributed by atoms with E-state index in [1.165, 1.54) is 19.3 Å². The molecule has 2 aromatic heterocycles. The maximum atomic E-state index is 12.8. The van der Waals surface area contributed by atoms with Crippen LogP contribution in [0.25, 0.3) is 0 Å². The number of alkyl halides is 3. The Hall–Kier alpha value is -3.16. The molecule has 0 radical (unpaired) electrons. The van der Waals surface area contributed by atoms with E-state index in [0.717, 1.165) is 4.68 Å². The third-order valence-corrected chi connectivity index (χ3v) is 3.72. The van der Waals surface area contributed by atoms with Crippen LogP contribution < -0.4 is 16.2 Å². The molecule has 0 saturated heterocycles. The van der Waals surface area contributed by atoms with E-state index < -0.39 is 28.7 Å². The molecule has 0 bridgehead atoms. The summed E-state index contributed by atoms with van der Waals surface area (Å²) < 4.78 is 39.6. The highest BCUT2D eigenvalue weighted by Gasteiger charge is 2.47. The summed E-state index contributed by atoms with van der Waals surface area (Å²) in [4.78, 5) is 19.4. The Morgan fingerprint density at radius 1 is 1.36 bits per heavy atom. The minimum Gasteiger partial charge on any atom is -0.372 e. The van der Waals surface area contributed by atoms with E-state index in [-0.39, 0.29) is 11.6 Å². The molecule has 130 valence electrons. The van der Waals surface area contributed by atoms with Gasteiger partial charge in [0.15, 0.2) is 5.54 Å². The second-order valence-corrected chi connectivity index (χ2v) is 5.47. The van der Waals surface area contributed by atoms with Gasteiger partial charge in [-0.05, 0) is 12.8 Å². The smallest absolute Gasteiger partial charge is 0.372 e. The topological polar surface area (TPSA) is 109 Å². The second kappa shape index (κ2) is 5.73. The molecule has 2 heterocycles. The monoisotopic (exact) mass is 351 g/mol. The van der Waals surface area contributed by atoms with Gasteiger partial charge in [0, 0.05) is 19.3 Å². The molecular weight excluding hydrogens is 339 g/mol. The van der Waals surface area contributed by atoms with Crippen LogP contribution in [-0.4, -0.2) is 26.8 Å². The number of nitriles is 1. The number of nitrogens with zero attached hydrogens (tertiary/aromatic N) is 5. The van der Waals surface area contributed by atoms with Crippen LogP contribution in [0.5, 0.6) is 0 Å². The molecule has 0 spiro atoms. The van der Waals surface area contributed by atoms with Gasteiger partial charge < -0.3 is 10.6 Å². The van der Waals surface area contributed by atoms with E-state index in [9.17, 15) is 18.0 Å². The molecule has 0 atom stereocenters. The maximum absolute atomic E-state index is 12.8. The van der Waals surface area contributed by atoms with Crippen molar-refractivity contribution in [1.29, 1.82) is 5.26 Å². The molecule has 0 unspecified atom stereocenters. The Bertz CT molecular complexity index is 912. The summed E-state index contributed by atoms with van der Waals surface area (Å²) in [5, 5.41) is 18.0. The van der Waals surface area contributed by atoms with Gasteiger partial charge >= 0.3 is 6.18 Å². The molecule has 2 N–H and O–H groups in total. The molecule has 3 rings (SSSR count). The average molecular weight is 351 g/mol. The molecule has 2 aromatic rings. The van der Waals surface area contributed by atoms with Gasteiger partial charge in [0.25, 0.3) is 5.56 Å². The van der Waals surface area contributed by atoms with E-state index in [4.69, 9.17) is 5.26 Å². The Labute approximate surface area is 139 Å². The number of hydrogen-bond donors (Lipinski definition) is 2. The summed E-state index contributed by atoms with van der Waals surface area (Å²) in [6.45, 7) is 0. The van der Waals surface area contributed by atoms with Crippen molar-refractivity contribution < 1.29 is 13.2 Å². The van der Waals surface area contributed by atoms with Crippen LogP contribution >= 0.6 is 0 Å². The molecule has 1 aliphatic rings. The predicted molar refractivity (Wildman–Crippen MR) is 81.2 cm³/mol. The lowest BCUT2D eigenvalue weighted by molar-refractivity contribution is -0.137. The van der Waals surface area contributed by atoms with Crippen molar-refractivity contribution in [2.45, 2.75) is 24.6 Å². The molecule has 1 fully saturated rings. The lowest BCUT2D eigenvalue weighted by Gasteiger charge is -2.13. The van der Waals surface area contributed by atoms with Gasteiger partial charge in [0.1, 0.15) is 11.4 Å². The first kappa shape index (κ1) is 16.7. The second-order valence-electron chi connectivity index (χ2n) is 5.47. The fourth-order valence-electron chi connectivity index (χ4n) is 2.26. The first-order valence-electron chi connectivity index (χ1n) is 7.19. The summed E-state index contributed by atoms with van der Waals surface area (Å²) in [6, 6.07) is 3.24. The Morgan fingerprint density at radius 2 is 2.08 bits per heavy atom. The van der Waals surface area contributed by atoms with Gasteiger partial charge in [-0.25, -0.2) is 9.67 Å². The quantitative estimate of drug-likeness (QED) is 0.865. The van der Waals surface area contributed by atoms with Gasteiger partial charge in [-0.15, -0.1) is 0 Å². The minimum absolute atomic E-state index is 0.127. The van der Waals surface area contributed by atoms with Crippen molar-refractivity contribution in [1.82, 2.24) is 19.7 Å². The number of aromatic nitrogens is 4. The number of anilines is 3. The normalized spacial score (nSPS) is 15.3. The molecule has 0 amide bonds. The van der Waals surface area contributed by atoms with E-state index in [1.54, 1.807) is 0 Å². The highest BCUT2D eigenvalue weighted by atomic mass is 19.4. The molecule has 1 aliphatic carbocycles. The molecule has 11 heteroatoms. The zero-order valence-corrected chi connectivity index (χ0v) is 12.9. The van der Waals surface area contributed by atoms with Crippen LogP contribution in [0.3, 0.4) is 0 Å². The highest BCUT2D eigenvalue weighted by Crippen LogP contribution is 2.41. The van der Waals surface area contributed by atoms with Crippen LogP contribution in [0, 0.1) is 11.3 Å². The fraction of sp³-hybridized carbons (Fsp3) is 0.357. The lowest BCUT2D eigenvalue weighted by atomic mass is 10.3. The van der Waals surface area contributed by atoms with E-state index >= 15 is 0 Å². The third-order valence-electron chi connectivity index (χ3n) is 3.72. The SMILES string of the molecule is CNc1nc(Nc2cnn(C3(C#N)CC3)c(=O)c2)ncc1C(F)(F)F. The average Bonchev–Trinajstić information content (AvgIpc) is 3.35. The predicted octanol–water partition coefficient (Wildman–Crippen LogP) is 1.85. The van der Waals surface area contributed by atoms with Crippen LogP contribution in [0.1, 0.15) is 18.4 Å². The van der Waals surface area contributed by atoms with Gasteiger partial charge in [0.05, 0.1) is 18.0 Å². The van der Waals surface area contributed by atoms with E-state index in [0.29, 0.717) is 19.0 Å². The van der Waals surface area contributed by atoms with E-state index in [2.05, 4.69) is 31.8 Å². The lowest BCUT2D eigenvalue weighted by Crippen LogP contribution is -2.31. The van der Waals surface area contributed by atoms with Crippen molar-refractivity contribution in [3.05, 3.63) is 34.4 Å². The zero-order valence-electron chi connectivity index (χ0n) is 12.9. The van der Waals surface area contributed by atoms with Crippen LogP contribution in [0.4, 0.5) is 30.6 Å². The standard InChI is InChI=1S/C14H12F3N7O/c1-19-11-9(14(15,16)17)6-20-12(23-11)22-8-4-10(25)24(21-5-8)13(7-18)2-3-13/h4-6H,2-3H2,1H3,(H2,19,20,22,23). The Morgan fingerprint density at radius 3 is 2.60 bits per heavy atom. The van der Waals surface area contributed by atoms with Gasteiger partial charge in [-0.1, -0.05) is 0 Å².